The summed E-state index contributed by atoms with van der Waals surface area (Å²) in [6.07, 6.45) is -0.669. The summed E-state index contributed by atoms with van der Waals surface area (Å²) in [6.45, 7) is 1.67. The van der Waals surface area contributed by atoms with Gasteiger partial charge in [-0.05, 0) is 19.1 Å². The van der Waals surface area contributed by atoms with Gasteiger partial charge in [-0.2, -0.15) is 0 Å². The highest BCUT2D eigenvalue weighted by Crippen LogP contribution is 2.24. The molecule has 7 heteroatoms. The van der Waals surface area contributed by atoms with Gasteiger partial charge in [0.2, 0.25) is 10.0 Å². The predicted octanol–water partition coefficient (Wildman–Crippen LogP) is 1.00. The fourth-order valence-electron chi connectivity index (χ4n) is 1.51. The molecular weight excluding hydrogens is 284 g/mol. The lowest BCUT2D eigenvalue weighted by Crippen LogP contribution is -2.35. The van der Waals surface area contributed by atoms with Gasteiger partial charge in [0, 0.05) is 29.9 Å². The van der Waals surface area contributed by atoms with Crippen LogP contribution in [0.4, 0.5) is 5.69 Å². The van der Waals surface area contributed by atoms with Crippen LogP contribution in [0.3, 0.4) is 0 Å². The molecule has 0 saturated carbocycles. The summed E-state index contributed by atoms with van der Waals surface area (Å²) in [4.78, 5) is 0.885. The number of hydrogen-bond donors (Lipinski definition) is 2. The molecule has 5 nitrogen and oxygen atoms in total. The first-order valence-corrected chi connectivity index (χ1v) is 8.52. The van der Waals surface area contributed by atoms with Crippen molar-refractivity contribution in [1.82, 2.24) is 4.31 Å². The van der Waals surface area contributed by atoms with Crippen LogP contribution in [0.5, 0.6) is 0 Å². The molecule has 0 spiro atoms. The zero-order valence-electron chi connectivity index (χ0n) is 11.1. The van der Waals surface area contributed by atoms with E-state index in [0.29, 0.717) is 11.4 Å². The number of hydrogen-bond acceptors (Lipinski definition) is 5. The van der Waals surface area contributed by atoms with Gasteiger partial charge in [-0.1, -0.05) is 12.1 Å². The van der Waals surface area contributed by atoms with Crippen LogP contribution in [-0.4, -0.2) is 49.0 Å². The predicted molar refractivity (Wildman–Crippen MR) is 79.7 cm³/mol. The summed E-state index contributed by atoms with van der Waals surface area (Å²) in [5.74, 6) is 0.454. The van der Waals surface area contributed by atoms with Gasteiger partial charge < -0.3 is 10.8 Å². The minimum atomic E-state index is -3.33. The standard InChI is InChI=1S/C12H20N2O3S2/c1-10(15)9-14(2)19(16,17)8-7-18-12-6-4-3-5-11(12)13/h3-6,10,15H,7-9,13H2,1-2H3. The molecule has 1 unspecified atom stereocenters. The van der Waals surface area contributed by atoms with E-state index >= 15 is 0 Å². The number of nitrogens with zero attached hydrogens (tertiary/aromatic N) is 1. The molecule has 0 aliphatic carbocycles. The highest BCUT2D eigenvalue weighted by Gasteiger charge is 2.19. The Morgan fingerprint density at radius 1 is 1.42 bits per heavy atom. The minimum absolute atomic E-state index is 0.0230. The van der Waals surface area contributed by atoms with E-state index in [0.717, 1.165) is 4.90 Å². The van der Waals surface area contributed by atoms with Gasteiger partial charge in [-0.25, -0.2) is 12.7 Å². The Balaban J connectivity index is 2.50. The van der Waals surface area contributed by atoms with E-state index in [9.17, 15) is 13.5 Å². The van der Waals surface area contributed by atoms with E-state index in [2.05, 4.69) is 0 Å². The molecule has 1 atom stereocenters. The van der Waals surface area contributed by atoms with E-state index in [1.54, 1.807) is 13.0 Å². The highest BCUT2D eigenvalue weighted by atomic mass is 32.2. The lowest BCUT2D eigenvalue weighted by Gasteiger charge is -2.18. The maximum Gasteiger partial charge on any atom is 0.214 e. The quantitative estimate of drug-likeness (QED) is 0.580. The number of anilines is 1. The van der Waals surface area contributed by atoms with Gasteiger partial charge in [-0.15, -0.1) is 11.8 Å². The van der Waals surface area contributed by atoms with Crippen molar-refractivity contribution in [1.29, 1.82) is 0 Å². The molecule has 1 aromatic rings. The van der Waals surface area contributed by atoms with Crippen LogP contribution in [0.25, 0.3) is 0 Å². The minimum Gasteiger partial charge on any atom is -0.398 e. The summed E-state index contributed by atoms with van der Waals surface area (Å²) in [5.41, 5.74) is 6.44. The van der Waals surface area contributed by atoms with Gasteiger partial charge in [0.15, 0.2) is 0 Å². The molecule has 0 radical (unpaired) electrons. The first-order valence-electron chi connectivity index (χ1n) is 5.92. The smallest absolute Gasteiger partial charge is 0.214 e. The number of aliphatic hydroxyl groups is 1. The zero-order chi connectivity index (χ0) is 14.5. The van der Waals surface area contributed by atoms with Crippen molar-refractivity contribution in [3.05, 3.63) is 24.3 Å². The normalized spacial score (nSPS) is 13.7. The maximum absolute atomic E-state index is 11.9. The zero-order valence-corrected chi connectivity index (χ0v) is 12.7. The summed E-state index contributed by atoms with van der Waals surface area (Å²) in [6, 6.07) is 7.36. The van der Waals surface area contributed by atoms with Crippen molar-refractivity contribution >= 4 is 27.5 Å². The first kappa shape index (κ1) is 16.3. The summed E-state index contributed by atoms with van der Waals surface area (Å²) < 4.78 is 25.0. The largest absolute Gasteiger partial charge is 0.398 e. The van der Waals surface area contributed by atoms with Crippen LogP contribution < -0.4 is 5.73 Å². The molecule has 1 rings (SSSR count). The number of nitrogens with two attached hydrogens (primary N) is 1. The van der Waals surface area contributed by atoms with Gasteiger partial charge in [0.05, 0.1) is 11.9 Å². The number of para-hydroxylation sites is 1. The van der Waals surface area contributed by atoms with Gasteiger partial charge in [0.1, 0.15) is 0 Å². The first-order chi connectivity index (χ1) is 8.83. The van der Waals surface area contributed by atoms with E-state index in [1.165, 1.54) is 23.1 Å². The third-order valence-electron chi connectivity index (χ3n) is 2.51. The fraction of sp³-hybridized carbons (Fsp3) is 0.500. The van der Waals surface area contributed by atoms with Crippen LogP contribution in [0.2, 0.25) is 0 Å². The molecule has 108 valence electrons. The van der Waals surface area contributed by atoms with Crippen LogP contribution in [0.15, 0.2) is 29.2 Å². The van der Waals surface area contributed by atoms with Crippen molar-refractivity contribution in [2.75, 3.05) is 30.8 Å². The molecule has 0 aliphatic rings. The van der Waals surface area contributed by atoms with E-state index in [-0.39, 0.29) is 12.3 Å². The van der Waals surface area contributed by atoms with E-state index < -0.39 is 16.1 Å². The lowest BCUT2D eigenvalue weighted by molar-refractivity contribution is 0.171. The van der Waals surface area contributed by atoms with Crippen LogP contribution in [0, 0.1) is 0 Å². The number of thioether (sulfide) groups is 1. The molecule has 0 fully saturated rings. The molecule has 1 aromatic carbocycles. The lowest BCUT2D eigenvalue weighted by atomic mass is 10.3. The topological polar surface area (TPSA) is 83.6 Å². The molecular formula is C12H20N2O3S2. The van der Waals surface area contributed by atoms with E-state index in [1.807, 2.05) is 18.2 Å². The summed E-state index contributed by atoms with van der Waals surface area (Å²) in [7, 11) is -1.85. The fourth-order valence-corrected chi connectivity index (χ4v) is 4.07. The van der Waals surface area contributed by atoms with Crippen LogP contribution in [-0.2, 0) is 10.0 Å². The molecule has 0 aliphatic heterocycles. The molecule has 0 heterocycles. The number of rotatable bonds is 7. The van der Waals surface area contributed by atoms with Gasteiger partial charge >= 0.3 is 0 Å². The van der Waals surface area contributed by atoms with E-state index in [4.69, 9.17) is 5.73 Å². The van der Waals surface area contributed by atoms with Crippen LogP contribution in [0.1, 0.15) is 6.92 Å². The number of likely N-dealkylation sites (N-methyl/N-ethyl adjacent to an activating group) is 1. The van der Waals surface area contributed by atoms with Crippen molar-refractivity contribution in [2.24, 2.45) is 0 Å². The second-order valence-electron chi connectivity index (χ2n) is 4.33. The Bertz CT molecular complexity index is 503. The third kappa shape index (κ3) is 5.40. The van der Waals surface area contributed by atoms with Crippen molar-refractivity contribution in [2.45, 2.75) is 17.9 Å². The summed E-state index contributed by atoms with van der Waals surface area (Å²) >= 11 is 1.42. The maximum atomic E-state index is 11.9. The monoisotopic (exact) mass is 304 g/mol. The van der Waals surface area contributed by atoms with Crippen molar-refractivity contribution in [3.63, 3.8) is 0 Å². The molecule has 0 bridgehead atoms. The molecule has 3 N–H and O–H groups in total. The summed E-state index contributed by atoms with van der Waals surface area (Å²) in [5, 5.41) is 9.20. The number of nitrogen functional groups attached to an aromatic ring is 1. The molecule has 0 aromatic heterocycles. The Labute approximate surface area is 118 Å². The number of sulfonamides is 1. The Kier molecular flexibility index (Phi) is 6.12. The van der Waals surface area contributed by atoms with Gasteiger partial charge in [0.25, 0.3) is 0 Å². The third-order valence-corrected chi connectivity index (χ3v) is 5.68. The molecule has 0 amide bonds. The van der Waals surface area contributed by atoms with Crippen LogP contribution >= 0.6 is 11.8 Å². The second kappa shape index (κ2) is 7.14. The highest BCUT2D eigenvalue weighted by molar-refractivity contribution is 8.00. The van der Waals surface area contributed by atoms with Crippen molar-refractivity contribution in [3.8, 4) is 0 Å². The molecule has 0 saturated heterocycles. The average Bonchev–Trinajstić information content (AvgIpc) is 2.30. The molecule has 19 heavy (non-hydrogen) atoms. The number of aliphatic hydroxyl groups excluding tert-OH is 1. The Hall–Kier alpha value is -0.760. The Morgan fingerprint density at radius 3 is 2.63 bits per heavy atom. The SMILES string of the molecule is CC(O)CN(C)S(=O)(=O)CCSc1ccccc1N. The second-order valence-corrected chi connectivity index (χ2v) is 7.66. The van der Waals surface area contributed by atoms with Crippen molar-refractivity contribution < 1.29 is 13.5 Å². The average molecular weight is 304 g/mol. The number of benzene rings is 1. The van der Waals surface area contributed by atoms with Gasteiger partial charge in [-0.3, -0.25) is 0 Å². The Morgan fingerprint density at radius 2 is 2.05 bits per heavy atom.